The summed E-state index contributed by atoms with van der Waals surface area (Å²) in [6.07, 6.45) is 2.93. The van der Waals surface area contributed by atoms with Crippen LogP contribution in [0.15, 0.2) is 41.1 Å². The van der Waals surface area contributed by atoms with E-state index in [9.17, 15) is 8.78 Å². The highest BCUT2D eigenvalue weighted by molar-refractivity contribution is 9.10. The highest BCUT2D eigenvalue weighted by atomic mass is 79.9. The fourth-order valence-electron chi connectivity index (χ4n) is 1.37. The molecule has 0 fully saturated rings. The van der Waals surface area contributed by atoms with Crippen LogP contribution in [-0.2, 0) is 6.54 Å². The number of aromatic nitrogens is 2. The molecule has 0 radical (unpaired) electrons. The summed E-state index contributed by atoms with van der Waals surface area (Å²) in [6, 6.07) is 6.71. The number of halogens is 3. The Hall–Kier alpha value is -1.76. The van der Waals surface area contributed by atoms with Gasteiger partial charge in [-0.15, -0.1) is 0 Å². The molecule has 1 N–H and O–H groups in total. The number of hydrogen-bond donors (Lipinski definition) is 1. The smallest absolute Gasteiger partial charge is 0.387 e. The molecular weight excluding hydrogens is 320 g/mol. The molecule has 0 bridgehead atoms. The monoisotopic (exact) mass is 329 g/mol. The van der Waals surface area contributed by atoms with Gasteiger partial charge in [0.1, 0.15) is 11.6 Å². The predicted octanol–water partition coefficient (Wildman–Crippen LogP) is 3.45. The maximum atomic E-state index is 12.0. The number of ether oxygens (including phenoxy) is 1. The normalized spacial score (nSPS) is 10.5. The van der Waals surface area contributed by atoms with Crippen LogP contribution in [0.3, 0.4) is 0 Å². The van der Waals surface area contributed by atoms with Crippen LogP contribution in [0.4, 0.5) is 14.6 Å². The summed E-state index contributed by atoms with van der Waals surface area (Å²) in [5.41, 5.74) is 0.698. The molecule has 0 aliphatic carbocycles. The number of nitrogens with one attached hydrogen (secondary N) is 1. The highest BCUT2D eigenvalue weighted by Gasteiger charge is 2.04. The summed E-state index contributed by atoms with van der Waals surface area (Å²) in [5.74, 6) is 0.739. The maximum Gasteiger partial charge on any atom is 0.387 e. The molecule has 100 valence electrons. The van der Waals surface area contributed by atoms with Crippen molar-refractivity contribution >= 4 is 21.7 Å². The Morgan fingerprint density at radius 2 is 2.11 bits per heavy atom. The molecule has 2 rings (SSSR count). The summed E-state index contributed by atoms with van der Waals surface area (Å²) in [4.78, 5) is 8.13. The van der Waals surface area contributed by atoms with Crippen molar-refractivity contribution in [2.75, 3.05) is 5.32 Å². The van der Waals surface area contributed by atoms with Crippen LogP contribution >= 0.6 is 15.9 Å². The average Bonchev–Trinajstić information content (AvgIpc) is 2.37. The molecular formula is C12H10BrF2N3O. The zero-order valence-electron chi connectivity index (χ0n) is 9.69. The molecule has 0 aromatic carbocycles. The van der Waals surface area contributed by atoms with E-state index in [1.54, 1.807) is 12.3 Å². The van der Waals surface area contributed by atoms with E-state index in [-0.39, 0.29) is 5.75 Å². The van der Waals surface area contributed by atoms with E-state index < -0.39 is 6.61 Å². The van der Waals surface area contributed by atoms with Crippen molar-refractivity contribution in [2.45, 2.75) is 13.2 Å². The minimum atomic E-state index is -2.84. The Labute approximate surface area is 117 Å². The first kappa shape index (κ1) is 13.7. The summed E-state index contributed by atoms with van der Waals surface area (Å²) >= 11 is 3.34. The van der Waals surface area contributed by atoms with Crippen molar-refractivity contribution in [1.29, 1.82) is 0 Å². The van der Waals surface area contributed by atoms with Gasteiger partial charge in [-0.2, -0.15) is 8.78 Å². The largest absolute Gasteiger partial charge is 0.433 e. The Morgan fingerprint density at radius 3 is 2.74 bits per heavy atom. The van der Waals surface area contributed by atoms with Crippen molar-refractivity contribution in [3.63, 3.8) is 0 Å². The predicted molar refractivity (Wildman–Crippen MR) is 70.1 cm³/mol. The van der Waals surface area contributed by atoms with E-state index >= 15 is 0 Å². The fourth-order valence-corrected chi connectivity index (χ4v) is 1.71. The van der Waals surface area contributed by atoms with E-state index in [2.05, 4.69) is 36.0 Å². The van der Waals surface area contributed by atoms with Gasteiger partial charge >= 0.3 is 6.61 Å². The summed E-state index contributed by atoms with van der Waals surface area (Å²) in [6.45, 7) is -2.39. The zero-order chi connectivity index (χ0) is 13.7. The molecule has 0 atom stereocenters. The third-order valence-corrected chi connectivity index (χ3v) is 2.69. The van der Waals surface area contributed by atoms with Gasteiger partial charge in [-0.25, -0.2) is 4.98 Å². The van der Waals surface area contributed by atoms with Gasteiger partial charge in [-0.1, -0.05) is 15.9 Å². The molecule has 2 aromatic rings. The second-order valence-electron chi connectivity index (χ2n) is 3.58. The van der Waals surface area contributed by atoms with Crippen molar-refractivity contribution in [1.82, 2.24) is 9.97 Å². The second kappa shape index (κ2) is 6.42. The molecule has 4 nitrogen and oxygen atoms in total. The van der Waals surface area contributed by atoms with Gasteiger partial charge in [0, 0.05) is 10.7 Å². The first-order valence-corrected chi connectivity index (χ1v) is 6.18. The van der Waals surface area contributed by atoms with Crippen LogP contribution < -0.4 is 10.1 Å². The van der Waals surface area contributed by atoms with Gasteiger partial charge in [-0.3, -0.25) is 4.98 Å². The number of nitrogens with zero attached hydrogens (tertiary/aromatic N) is 2. The molecule has 2 heterocycles. The van der Waals surface area contributed by atoms with E-state index in [1.807, 2.05) is 12.1 Å². The minimum absolute atomic E-state index is 0.0410. The van der Waals surface area contributed by atoms with Gasteiger partial charge in [0.05, 0.1) is 18.4 Å². The van der Waals surface area contributed by atoms with E-state index in [4.69, 9.17) is 0 Å². The van der Waals surface area contributed by atoms with Crippen molar-refractivity contribution in [3.8, 4) is 5.75 Å². The second-order valence-corrected chi connectivity index (χ2v) is 4.49. The maximum absolute atomic E-state index is 12.0. The lowest BCUT2D eigenvalue weighted by Crippen LogP contribution is -2.05. The van der Waals surface area contributed by atoms with E-state index in [1.165, 1.54) is 12.3 Å². The zero-order valence-corrected chi connectivity index (χ0v) is 11.3. The van der Waals surface area contributed by atoms with Gasteiger partial charge < -0.3 is 10.1 Å². The van der Waals surface area contributed by atoms with Gasteiger partial charge in [0.2, 0.25) is 0 Å². The first-order valence-electron chi connectivity index (χ1n) is 5.38. The van der Waals surface area contributed by atoms with Gasteiger partial charge in [0.25, 0.3) is 0 Å². The van der Waals surface area contributed by atoms with Crippen molar-refractivity contribution in [2.24, 2.45) is 0 Å². The molecule has 19 heavy (non-hydrogen) atoms. The number of anilines is 1. The molecule has 2 aromatic heterocycles. The lowest BCUT2D eigenvalue weighted by atomic mass is 10.3. The Kier molecular flexibility index (Phi) is 4.62. The van der Waals surface area contributed by atoms with Crippen molar-refractivity contribution in [3.05, 3.63) is 46.8 Å². The SMILES string of the molecule is FC(F)Oc1ccc(CNc2cc(Br)ccn2)nc1. The fraction of sp³-hybridized carbons (Fsp3) is 0.167. The molecule has 0 saturated carbocycles. The lowest BCUT2D eigenvalue weighted by molar-refractivity contribution is -0.0500. The molecule has 7 heteroatoms. The molecule has 0 aliphatic rings. The Morgan fingerprint density at radius 1 is 1.26 bits per heavy atom. The van der Waals surface area contributed by atoms with Crippen LogP contribution in [0, 0.1) is 0 Å². The van der Waals surface area contributed by atoms with E-state index in [0.717, 1.165) is 4.47 Å². The Bertz CT molecular complexity index is 537. The van der Waals surface area contributed by atoms with E-state index in [0.29, 0.717) is 18.1 Å². The summed E-state index contributed by atoms with van der Waals surface area (Å²) in [7, 11) is 0. The average molecular weight is 330 g/mol. The van der Waals surface area contributed by atoms with Crippen LogP contribution in [-0.4, -0.2) is 16.6 Å². The standard InChI is InChI=1S/C12H10BrF2N3O/c13-8-3-4-16-11(5-8)18-6-9-1-2-10(7-17-9)19-12(14)15/h1-5,7,12H,6H2,(H,16,18). The van der Waals surface area contributed by atoms with Crippen LogP contribution in [0.1, 0.15) is 5.69 Å². The highest BCUT2D eigenvalue weighted by Crippen LogP contribution is 2.15. The van der Waals surface area contributed by atoms with Crippen LogP contribution in [0.5, 0.6) is 5.75 Å². The molecule has 0 aliphatic heterocycles. The lowest BCUT2D eigenvalue weighted by Gasteiger charge is -2.07. The minimum Gasteiger partial charge on any atom is -0.433 e. The Balaban J connectivity index is 1.93. The topological polar surface area (TPSA) is 47.0 Å². The summed E-state index contributed by atoms with van der Waals surface area (Å²) < 4.78 is 29.0. The van der Waals surface area contributed by atoms with Crippen LogP contribution in [0.2, 0.25) is 0 Å². The first-order chi connectivity index (χ1) is 9.13. The third kappa shape index (κ3) is 4.44. The quantitative estimate of drug-likeness (QED) is 0.912. The van der Waals surface area contributed by atoms with Crippen LogP contribution in [0.25, 0.3) is 0 Å². The number of pyridine rings is 2. The number of rotatable bonds is 5. The molecule has 0 saturated heterocycles. The van der Waals surface area contributed by atoms with Gasteiger partial charge in [-0.05, 0) is 24.3 Å². The molecule has 0 spiro atoms. The molecule has 0 amide bonds. The van der Waals surface area contributed by atoms with Crippen molar-refractivity contribution < 1.29 is 13.5 Å². The number of alkyl halides is 2. The third-order valence-electron chi connectivity index (χ3n) is 2.20. The van der Waals surface area contributed by atoms with Gasteiger partial charge in [0.15, 0.2) is 0 Å². The molecule has 0 unspecified atom stereocenters. The summed E-state index contributed by atoms with van der Waals surface area (Å²) in [5, 5.41) is 3.07. The number of hydrogen-bond acceptors (Lipinski definition) is 4.